The fraction of sp³-hybridized carbons (Fsp3) is 0.250. The number of benzene rings is 2. The summed E-state index contributed by atoms with van der Waals surface area (Å²) < 4.78 is 5.69. The average molecular weight is 322 g/mol. The second kappa shape index (κ2) is 6.89. The maximum Gasteiger partial charge on any atom is 0.343 e. The van der Waals surface area contributed by atoms with Crippen molar-refractivity contribution in [3.05, 3.63) is 65.4 Å². The summed E-state index contributed by atoms with van der Waals surface area (Å²) in [7, 11) is 4.10. The number of rotatable bonds is 5. The molecule has 0 saturated carbocycles. The maximum atomic E-state index is 12.4. The van der Waals surface area contributed by atoms with Gasteiger partial charge in [-0.1, -0.05) is 23.8 Å². The summed E-state index contributed by atoms with van der Waals surface area (Å²) in [6.07, 6.45) is 2.89. The summed E-state index contributed by atoms with van der Waals surface area (Å²) >= 11 is 0. The Bertz CT molecular complexity index is 848. The maximum absolute atomic E-state index is 12.4. The van der Waals surface area contributed by atoms with Crippen LogP contribution in [0.4, 0.5) is 0 Å². The molecule has 24 heavy (non-hydrogen) atoms. The highest BCUT2D eigenvalue weighted by molar-refractivity contribution is 5.96. The van der Waals surface area contributed by atoms with Crippen molar-refractivity contribution in [3.63, 3.8) is 0 Å². The number of hydrogen-bond donors (Lipinski definition) is 1. The molecule has 0 unspecified atom stereocenters. The third kappa shape index (κ3) is 3.49. The van der Waals surface area contributed by atoms with Crippen LogP contribution in [0.2, 0.25) is 0 Å². The van der Waals surface area contributed by atoms with Gasteiger partial charge in [-0.25, -0.2) is 4.79 Å². The van der Waals surface area contributed by atoms with Crippen molar-refractivity contribution in [2.75, 3.05) is 20.6 Å². The molecule has 0 fully saturated rings. The molecule has 1 aromatic heterocycles. The number of hydrogen-bond acceptors (Lipinski definition) is 3. The van der Waals surface area contributed by atoms with Gasteiger partial charge < -0.3 is 14.6 Å². The minimum absolute atomic E-state index is 0.331. The molecule has 124 valence electrons. The topological polar surface area (TPSA) is 45.3 Å². The Kier molecular flexibility index (Phi) is 4.67. The summed E-state index contributed by atoms with van der Waals surface area (Å²) in [4.78, 5) is 17.8. The highest BCUT2D eigenvalue weighted by Gasteiger charge is 2.14. The lowest BCUT2D eigenvalue weighted by Gasteiger charge is -2.10. The molecule has 0 atom stereocenters. The van der Waals surface area contributed by atoms with E-state index < -0.39 is 0 Å². The first-order valence-electron chi connectivity index (χ1n) is 8.07. The molecule has 3 rings (SSSR count). The van der Waals surface area contributed by atoms with Crippen LogP contribution in [0.15, 0.2) is 48.7 Å². The Morgan fingerprint density at radius 2 is 1.88 bits per heavy atom. The fourth-order valence-corrected chi connectivity index (χ4v) is 2.69. The smallest absolute Gasteiger partial charge is 0.343 e. The molecular formula is C20H22N2O2. The first-order valence-corrected chi connectivity index (χ1v) is 8.07. The van der Waals surface area contributed by atoms with Gasteiger partial charge in [0, 0.05) is 23.6 Å². The molecule has 0 saturated heterocycles. The van der Waals surface area contributed by atoms with Crippen molar-refractivity contribution >= 4 is 16.9 Å². The third-order valence-corrected chi connectivity index (χ3v) is 4.07. The second-order valence-electron chi connectivity index (χ2n) is 6.30. The Hall–Kier alpha value is -2.59. The first-order chi connectivity index (χ1) is 11.5. The number of aryl methyl sites for hydroxylation is 1. The van der Waals surface area contributed by atoms with Gasteiger partial charge in [-0.3, -0.25) is 0 Å². The van der Waals surface area contributed by atoms with Crippen molar-refractivity contribution in [3.8, 4) is 5.75 Å². The van der Waals surface area contributed by atoms with Crippen LogP contribution in [0.5, 0.6) is 5.75 Å². The molecule has 3 aromatic rings. The van der Waals surface area contributed by atoms with Crippen LogP contribution in [0.25, 0.3) is 10.9 Å². The SMILES string of the molecule is Cc1ccc(C(=O)Oc2cccc3[nH]cc(CCN(C)C)c23)cc1. The number of aromatic amines is 1. The van der Waals surface area contributed by atoms with Crippen molar-refractivity contribution in [1.82, 2.24) is 9.88 Å². The Labute approximate surface area is 142 Å². The zero-order chi connectivity index (χ0) is 17.1. The lowest BCUT2D eigenvalue weighted by atomic mass is 10.1. The minimum atomic E-state index is -0.331. The molecule has 0 radical (unpaired) electrons. The number of carbonyl (C=O) groups is 1. The number of H-pyrrole nitrogens is 1. The van der Waals surface area contributed by atoms with Gasteiger partial charge in [0.15, 0.2) is 0 Å². The molecule has 2 aromatic carbocycles. The van der Waals surface area contributed by atoms with Gasteiger partial charge in [-0.05, 0) is 57.3 Å². The van der Waals surface area contributed by atoms with Crippen molar-refractivity contribution < 1.29 is 9.53 Å². The molecule has 0 aliphatic carbocycles. The highest BCUT2D eigenvalue weighted by atomic mass is 16.5. The van der Waals surface area contributed by atoms with Crippen LogP contribution < -0.4 is 4.74 Å². The van der Waals surface area contributed by atoms with Crippen LogP contribution >= 0.6 is 0 Å². The van der Waals surface area contributed by atoms with Gasteiger partial charge in [0.05, 0.1) is 5.56 Å². The van der Waals surface area contributed by atoms with Gasteiger partial charge in [-0.15, -0.1) is 0 Å². The van der Waals surface area contributed by atoms with E-state index in [1.54, 1.807) is 12.1 Å². The van der Waals surface area contributed by atoms with E-state index >= 15 is 0 Å². The lowest BCUT2D eigenvalue weighted by Crippen LogP contribution is -2.15. The number of likely N-dealkylation sites (N-methyl/N-ethyl adjacent to an activating group) is 1. The number of ether oxygens (including phenoxy) is 1. The van der Waals surface area contributed by atoms with Crippen LogP contribution in [0.3, 0.4) is 0 Å². The van der Waals surface area contributed by atoms with Gasteiger partial charge in [0.2, 0.25) is 0 Å². The molecule has 0 spiro atoms. The normalized spacial score (nSPS) is 11.2. The number of esters is 1. The van der Waals surface area contributed by atoms with E-state index in [9.17, 15) is 4.79 Å². The van der Waals surface area contributed by atoms with Crippen molar-refractivity contribution in [2.45, 2.75) is 13.3 Å². The van der Waals surface area contributed by atoms with Crippen molar-refractivity contribution in [2.24, 2.45) is 0 Å². The summed E-state index contributed by atoms with van der Waals surface area (Å²) in [5, 5.41) is 0.986. The first kappa shape index (κ1) is 16.3. The summed E-state index contributed by atoms with van der Waals surface area (Å²) in [6.45, 7) is 2.93. The number of aromatic nitrogens is 1. The monoisotopic (exact) mass is 322 g/mol. The molecule has 1 heterocycles. The van der Waals surface area contributed by atoms with E-state index in [1.807, 2.05) is 57.5 Å². The summed E-state index contributed by atoms with van der Waals surface area (Å²) in [5.74, 6) is 0.273. The molecule has 0 amide bonds. The number of carbonyl (C=O) groups excluding carboxylic acids is 1. The van der Waals surface area contributed by atoms with Crippen LogP contribution in [-0.4, -0.2) is 36.5 Å². The van der Waals surface area contributed by atoms with E-state index in [0.29, 0.717) is 11.3 Å². The average Bonchev–Trinajstić information content (AvgIpc) is 2.97. The molecule has 0 aliphatic heterocycles. The predicted octanol–water partition coefficient (Wildman–Crippen LogP) is 3.80. The van der Waals surface area contributed by atoms with Gasteiger partial charge in [-0.2, -0.15) is 0 Å². The van der Waals surface area contributed by atoms with Gasteiger partial charge in [0.25, 0.3) is 0 Å². The zero-order valence-corrected chi connectivity index (χ0v) is 14.3. The summed E-state index contributed by atoms with van der Waals surface area (Å²) in [6, 6.07) is 13.2. The Morgan fingerprint density at radius 3 is 2.58 bits per heavy atom. The Morgan fingerprint density at radius 1 is 1.12 bits per heavy atom. The Balaban J connectivity index is 1.89. The molecule has 4 heteroatoms. The molecule has 0 bridgehead atoms. The number of fused-ring (bicyclic) bond motifs is 1. The van der Waals surface area contributed by atoms with E-state index in [-0.39, 0.29) is 5.97 Å². The molecule has 4 nitrogen and oxygen atoms in total. The van der Waals surface area contributed by atoms with Crippen LogP contribution in [-0.2, 0) is 6.42 Å². The zero-order valence-electron chi connectivity index (χ0n) is 14.3. The number of nitrogens with one attached hydrogen (secondary N) is 1. The second-order valence-corrected chi connectivity index (χ2v) is 6.30. The van der Waals surface area contributed by atoms with Gasteiger partial charge in [0.1, 0.15) is 5.75 Å². The van der Waals surface area contributed by atoms with E-state index in [4.69, 9.17) is 4.74 Å². The van der Waals surface area contributed by atoms with E-state index in [0.717, 1.165) is 35.0 Å². The van der Waals surface area contributed by atoms with E-state index in [2.05, 4.69) is 9.88 Å². The lowest BCUT2D eigenvalue weighted by molar-refractivity contribution is 0.0737. The number of nitrogens with zero attached hydrogens (tertiary/aromatic N) is 1. The highest BCUT2D eigenvalue weighted by Crippen LogP contribution is 2.29. The van der Waals surface area contributed by atoms with Crippen LogP contribution in [0.1, 0.15) is 21.5 Å². The molecule has 0 aliphatic rings. The van der Waals surface area contributed by atoms with Crippen LogP contribution in [0, 0.1) is 6.92 Å². The standard InChI is InChI=1S/C20H22N2O2/c1-14-7-9-15(10-8-14)20(23)24-18-6-4-5-17-19(18)16(13-21-17)11-12-22(2)3/h4-10,13,21H,11-12H2,1-3H3. The third-order valence-electron chi connectivity index (χ3n) is 4.07. The van der Waals surface area contributed by atoms with Gasteiger partial charge >= 0.3 is 5.97 Å². The van der Waals surface area contributed by atoms with Crippen molar-refractivity contribution in [1.29, 1.82) is 0 Å². The largest absolute Gasteiger partial charge is 0.422 e. The predicted molar refractivity (Wildman–Crippen MR) is 96.7 cm³/mol. The minimum Gasteiger partial charge on any atom is -0.422 e. The molecular weight excluding hydrogens is 300 g/mol. The summed E-state index contributed by atoms with van der Waals surface area (Å²) in [5.41, 5.74) is 3.82. The van der Waals surface area contributed by atoms with E-state index in [1.165, 1.54) is 0 Å². The fourth-order valence-electron chi connectivity index (χ4n) is 2.69. The molecule has 1 N–H and O–H groups in total. The quantitative estimate of drug-likeness (QED) is 0.574.